The van der Waals surface area contributed by atoms with E-state index < -0.39 is 12.4 Å². The molecule has 3 nitrogen and oxygen atoms in total. The molecule has 0 spiro atoms. The first-order valence-electron chi connectivity index (χ1n) is 4.59. The van der Waals surface area contributed by atoms with E-state index in [-0.39, 0.29) is 0 Å². The minimum atomic E-state index is -4.93. The third-order valence-corrected chi connectivity index (χ3v) is 2.12. The molecule has 0 aliphatic carbocycles. The Labute approximate surface area is 89.4 Å². The lowest BCUT2D eigenvalue weighted by Crippen LogP contribution is -2.33. The zero-order chi connectivity index (χ0) is 11.6. The van der Waals surface area contributed by atoms with E-state index in [1.807, 2.05) is 0 Å². The van der Waals surface area contributed by atoms with Crippen molar-refractivity contribution < 1.29 is 17.4 Å². The van der Waals surface area contributed by atoms with Gasteiger partial charge in [-0.25, -0.2) is 0 Å². The number of benzene rings is 1. The molecule has 0 radical (unpaired) electrons. The Bertz CT molecular complexity index is 453. The summed E-state index contributed by atoms with van der Waals surface area (Å²) in [7, 11) is 0. The van der Waals surface area contributed by atoms with Crippen LogP contribution in [-0.4, -0.2) is 17.2 Å². The third kappa shape index (κ3) is 2.42. The summed E-state index contributed by atoms with van der Waals surface area (Å²) in [5.74, 6) is 0.380. The average molecular weight is 227 g/mol. The Morgan fingerprint density at radius 1 is 1.12 bits per heavy atom. The molecule has 0 amide bonds. The molecule has 0 bridgehead atoms. The maximum atomic E-state index is 12.3. The zero-order valence-corrected chi connectivity index (χ0v) is 8.11. The maximum Gasteiger partial charge on any atom is 0.509 e. The Hall–Kier alpha value is -1.79. The fourth-order valence-corrected chi connectivity index (χ4v) is 1.30. The van der Waals surface area contributed by atoms with Crippen LogP contribution < -0.4 is 5.46 Å². The lowest BCUT2D eigenvalue weighted by molar-refractivity contribution is 0.501. The Kier molecular flexibility index (Phi) is 2.68. The first-order chi connectivity index (χ1) is 7.55. The highest BCUT2D eigenvalue weighted by Crippen LogP contribution is 2.11. The molecule has 0 saturated heterocycles. The minimum absolute atomic E-state index is 0.338. The summed E-state index contributed by atoms with van der Waals surface area (Å²) in [5.41, 5.74) is 0.0994. The molecule has 0 saturated carbocycles. The van der Waals surface area contributed by atoms with Crippen LogP contribution in [0.15, 0.2) is 35.1 Å². The summed E-state index contributed by atoms with van der Waals surface area (Å²) in [6.45, 7) is -4.93. The summed E-state index contributed by atoms with van der Waals surface area (Å²) >= 11 is 0. The molecule has 0 atom stereocenters. The average Bonchev–Trinajstić information content (AvgIpc) is 2.70. The molecule has 0 N–H and O–H groups in total. The molecule has 84 valence electrons. The second-order valence-corrected chi connectivity index (χ2v) is 3.33. The smallest absolute Gasteiger partial charge is 0.445 e. The highest BCUT2D eigenvalue weighted by atomic mass is 19.4. The molecule has 1 aromatic heterocycles. The van der Waals surface area contributed by atoms with E-state index in [0.29, 0.717) is 17.9 Å². The lowest BCUT2D eigenvalue weighted by Gasteiger charge is -2.14. The predicted octanol–water partition coefficient (Wildman–Crippen LogP) is 1.71. The number of hydrogen-bond donors (Lipinski definition) is 0. The van der Waals surface area contributed by atoms with Gasteiger partial charge in [0.2, 0.25) is 12.3 Å². The van der Waals surface area contributed by atoms with Crippen LogP contribution in [0, 0.1) is 0 Å². The number of rotatable bonds is 3. The van der Waals surface area contributed by atoms with Crippen LogP contribution in [0.5, 0.6) is 0 Å². The quantitative estimate of drug-likeness (QED) is 0.749. The summed E-state index contributed by atoms with van der Waals surface area (Å²) in [6.07, 6.45) is 1.52. The van der Waals surface area contributed by atoms with E-state index in [4.69, 9.17) is 4.42 Å². The van der Waals surface area contributed by atoms with Crippen molar-refractivity contribution in [3.8, 4) is 0 Å². The maximum absolute atomic E-state index is 12.3. The van der Waals surface area contributed by atoms with Crippen molar-refractivity contribution in [2.75, 3.05) is 0 Å². The van der Waals surface area contributed by atoms with Gasteiger partial charge in [-0.3, -0.25) is 0 Å². The van der Waals surface area contributed by atoms with Gasteiger partial charge in [0, 0.05) is 0 Å². The number of aromatic nitrogens is 2. The molecule has 7 heteroatoms. The van der Waals surface area contributed by atoms with Crippen LogP contribution in [0.4, 0.5) is 12.9 Å². The Morgan fingerprint density at radius 2 is 1.81 bits per heavy atom. The predicted molar refractivity (Wildman–Crippen MR) is 52.3 cm³/mol. The van der Waals surface area contributed by atoms with Crippen molar-refractivity contribution in [3.63, 3.8) is 0 Å². The second kappa shape index (κ2) is 4.00. The van der Waals surface area contributed by atoms with Crippen molar-refractivity contribution in [2.45, 2.75) is 6.42 Å². The SMILES string of the molecule is F[B-](F)(F)c1ccc(Cc2nnco2)cc1. The van der Waals surface area contributed by atoms with Gasteiger partial charge >= 0.3 is 6.98 Å². The number of nitrogens with zero attached hydrogens (tertiary/aromatic N) is 2. The van der Waals surface area contributed by atoms with E-state index in [1.165, 1.54) is 18.5 Å². The fraction of sp³-hybridized carbons (Fsp3) is 0.111. The fourth-order valence-electron chi connectivity index (χ4n) is 1.30. The summed E-state index contributed by atoms with van der Waals surface area (Å²) < 4.78 is 41.8. The van der Waals surface area contributed by atoms with E-state index in [2.05, 4.69) is 10.2 Å². The molecule has 2 aromatic rings. The van der Waals surface area contributed by atoms with Gasteiger partial charge in [0.15, 0.2) is 0 Å². The van der Waals surface area contributed by atoms with Crippen molar-refractivity contribution in [2.24, 2.45) is 0 Å². The highest BCUT2D eigenvalue weighted by molar-refractivity contribution is 6.73. The van der Waals surface area contributed by atoms with Crippen LogP contribution >= 0.6 is 0 Å². The highest BCUT2D eigenvalue weighted by Gasteiger charge is 2.24. The summed E-state index contributed by atoms with van der Waals surface area (Å²) in [6, 6.07) is 4.95. The van der Waals surface area contributed by atoms with Gasteiger partial charge in [-0.1, -0.05) is 24.3 Å². The normalized spacial score (nSPS) is 11.7. The van der Waals surface area contributed by atoms with Gasteiger partial charge in [0.05, 0.1) is 6.42 Å². The second-order valence-electron chi connectivity index (χ2n) is 3.33. The molecule has 0 unspecified atom stereocenters. The molecular weight excluding hydrogens is 220 g/mol. The minimum Gasteiger partial charge on any atom is -0.445 e. The molecule has 16 heavy (non-hydrogen) atoms. The van der Waals surface area contributed by atoms with Crippen LogP contribution in [0.3, 0.4) is 0 Å². The third-order valence-electron chi connectivity index (χ3n) is 2.12. The molecule has 0 fully saturated rings. The molecule has 0 aliphatic rings. The van der Waals surface area contributed by atoms with Crippen molar-refractivity contribution in [1.29, 1.82) is 0 Å². The van der Waals surface area contributed by atoms with Gasteiger partial charge in [-0.15, -0.1) is 15.7 Å². The largest absolute Gasteiger partial charge is 0.509 e. The summed E-state index contributed by atoms with van der Waals surface area (Å²) in [4.78, 5) is 0. The van der Waals surface area contributed by atoms with Crippen LogP contribution in [0.1, 0.15) is 11.5 Å². The first kappa shape index (κ1) is 10.7. The summed E-state index contributed by atoms with van der Waals surface area (Å²) in [5, 5.41) is 7.13. The van der Waals surface area contributed by atoms with E-state index in [9.17, 15) is 12.9 Å². The first-order valence-corrected chi connectivity index (χ1v) is 4.59. The Morgan fingerprint density at radius 3 is 2.31 bits per heavy atom. The molecule has 2 rings (SSSR count). The number of hydrogen-bond acceptors (Lipinski definition) is 3. The topological polar surface area (TPSA) is 38.9 Å². The van der Waals surface area contributed by atoms with Gasteiger partial charge in [0.1, 0.15) is 0 Å². The van der Waals surface area contributed by atoms with Gasteiger partial charge in [-0.2, -0.15) is 0 Å². The molecule has 1 heterocycles. The van der Waals surface area contributed by atoms with Crippen LogP contribution in [-0.2, 0) is 6.42 Å². The lowest BCUT2D eigenvalue weighted by atomic mass is 9.80. The Balaban J connectivity index is 2.14. The van der Waals surface area contributed by atoms with Crippen molar-refractivity contribution in [3.05, 3.63) is 42.1 Å². The van der Waals surface area contributed by atoms with Crippen LogP contribution in [0.2, 0.25) is 0 Å². The van der Waals surface area contributed by atoms with Crippen molar-refractivity contribution in [1.82, 2.24) is 10.2 Å². The van der Waals surface area contributed by atoms with E-state index in [1.54, 1.807) is 0 Å². The zero-order valence-electron chi connectivity index (χ0n) is 8.11. The van der Waals surface area contributed by atoms with Gasteiger partial charge in [-0.05, 0) is 5.56 Å². The molecule has 1 aromatic carbocycles. The van der Waals surface area contributed by atoms with Gasteiger partial charge < -0.3 is 17.4 Å². The molecule has 0 aliphatic heterocycles. The standard InChI is InChI=1S/C9H7BF3N2O/c11-10(12,13)8-3-1-7(2-4-8)5-9-15-14-6-16-9/h1-4,6H,5H2/q-1. The van der Waals surface area contributed by atoms with E-state index in [0.717, 1.165) is 12.1 Å². The number of halogens is 3. The van der Waals surface area contributed by atoms with Crippen molar-refractivity contribution >= 4 is 12.4 Å². The van der Waals surface area contributed by atoms with Crippen LogP contribution in [0.25, 0.3) is 0 Å². The van der Waals surface area contributed by atoms with Gasteiger partial charge in [0.25, 0.3) is 0 Å². The monoisotopic (exact) mass is 227 g/mol. The van der Waals surface area contributed by atoms with E-state index >= 15 is 0 Å². The molecular formula is C9H7BF3N2O-.